The van der Waals surface area contributed by atoms with Crippen LogP contribution in [0.1, 0.15) is 34.6 Å². The van der Waals surface area contributed by atoms with Gasteiger partial charge in [0, 0.05) is 32.5 Å². The summed E-state index contributed by atoms with van der Waals surface area (Å²) in [5.41, 5.74) is 1.83. The molecule has 0 N–H and O–H groups in total. The highest BCUT2D eigenvalue weighted by Crippen LogP contribution is 2.12. The van der Waals surface area contributed by atoms with Crippen molar-refractivity contribution in [3.63, 3.8) is 0 Å². The summed E-state index contributed by atoms with van der Waals surface area (Å²) in [6.07, 6.45) is 1.44. The second-order valence-corrected chi connectivity index (χ2v) is 4.72. The lowest BCUT2D eigenvalue weighted by Crippen LogP contribution is -2.29. The van der Waals surface area contributed by atoms with Crippen molar-refractivity contribution < 1.29 is 9.32 Å². The summed E-state index contributed by atoms with van der Waals surface area (Å²) in [5, 5.41) is 3.83. The lowest BCUT2D eigenvalue weighted by Gasteiger charge is -2.18. The van der Waals surface area contributed by atoms with Crippen LogP contribution in [0.3, 0.4) is 0 Å². The zero-order valence-electron chi connectivity index (χ0n) is 12.1. The number of hydrogen-bond acceptors (Lipinski definition) is 4. The van der Waals surface area contributed by atoms with Crippen LogP contribution in [-0.4, -0.2) is 34.5 Å². The fourth-order valence-corrected chi connectivity index (χ4v) is 2.05. The van der Waals surface area contributed by atoms with E-state index in [0.717, 1.165) is 17.5 Å². The van der Waals surface area contributed by atoms with Crippen molar-refractivity contribution in [2.75, 3.05) is 13.6 Å². The second kappa shape index (κ2) is 6.32. The van der Waals surface area contributed by atoms with Gasteiger partial charge in [0.1, 0.15) is 0 Å². The highest BCUT2D eigenvalue weighted by Gasteiger charge is 2.15. The molecule has 0 radical (unpaired) electrons. The molecule has 5 nitrogen and oxygen atoms in total. The molecule has 5 heteroatoms. The van der Waals surface area contributed by atoms with Crippen molar-refractivity contribution in [1.29, 1.82) is 0 Å². The first kappa shape index (κ1) is 14.2. The molecule has 106 valence electrons. The Balaban J connectivity index is 2.01. The Labute approximate surface area is 118 Å². The molecular formula is C15H19N3O2. The summed E-state index contributed by atoms with van der Waals surface area (Å²) in [6, 6.07) is 7.71. The lowest BCUT2D eigenvalue weighted by molar-refractivity contribution is 0.0794. The van der Waals surface area contributed by atoms with Gasteiger partial charge >= 0.3 is 0 Å². The summed E-state index contributed by atoms with van der Waals surface area (Å²) in [4.78, 5) is 18.2. The second-order valence-electron chi connectivity index (χ2n) is 4.72. The molecule has 2 rings (SSSR count). The molecule has 0 fully saturated rings. The van der Waals surface area contributed by atoms with E-state index < -0.39 is 0 Å². The number of aromatic nitrogens is 2. The van der Waals surface area contributed by atoms with Crippen molar-refractivity contribution in [2.45, 2.75) is 26.7 Å². The van der Waals surface area contributed by atoms with Gasteiger partial charge in [-0.1, -0.05) is 30.3 Å². The van der Waals surface area contributed by atoms with Crippen LogP contribution < -0.4 is 0 Å². The zero-order valence-corrected chi connectivity index (χ0v) is 12.1. The Morgan fingerprint density at radius 1 is 1.35 bits per heavy atom. The van der Waals surface area contributed by atoms with Crippen LogP contribution in [0.5, 0.6) is 0 Å². The number of likely N-dealkylation sites (N-methyl/N-ethyl adjacent to an activating group) is 1. The molecule has 0 spiro atoms. The topological polar surface area (TPSA) is 59.2 Å². The summed E-state index contributed by atoms with van der Waals surface area (Å²) < 4.78 is 4.91. The number of carbonyl (C=O) groups is 1. The van der Waals surface area contributed by atoms with E-state index in [-0.39, 0.29) is 5.91 Å². The number of nitrogens with zero attached hydrogens (tertiary/aromatic N) is 3. The minimum Gasteiger partial charge on any atom is -0.341 e. The molecule has 0 saturated carbocycles. The van der Waals surface area contributed by atoms with Gasteiger partial charge < -0.3 is 9.42 Å². The van der Waals surface area contributed by atoms with Gasteiger partial charge in [-0.05, 0) is 18.1 Å². The van der Waals surface area contributed by atoms with E-state index in [2.05, 4.69) is 10.1 Å². The van der Waals surface area contributed by atoms with Crippen LogP contribution in [-0.2, 0) is 12.8 Å². The number of hydrogen-bond donors (Lipinski definition) is 0. The van der Waals surface area contributed by atoms with Crippen molar-refractivity contribution >= 4 is 5.91 Å². The minimum atomic E-state index is 0.0302. The predicted molar refractivity (Wildman–Crippen MR) is 75.5 cm³/mol. The minimum absolute atomic E-state index is 0.0302. The number of benzene rings is 1. The third-order valence-corrected chi connectivity index (χ3v) is 3.22. The Bertz CT molecular complexity index is 592. The van der Waals surface area contributed by atoms with Gasteiger partial charge in [-0.2, -0.15) is 4.98 Å². The lowest BCUT2D eigenvalue weighted by atomic mass is 10.0. The summed E-state index contributed by atoms with van der Waals surface area (Å²) in [6.45, 7) is 4.37. The Morgan fingerprint density at radius 3 is 2.75 bits per heavy atom. The SMILES string of the molecule is CCc1ccccc1C(=O)N(C)CCc1noc(C)n1. The molecule has 1 heterocycles. The van der Waals surface area contributed by atoms with Crippen molar-refractivity contribution in [3.05, 3.63) is 47.1 Å². The van der Waals surface area contributed by atoms with Crippen LogP contribution in [0.15, 0.2) is 28.8 Å². The predicted octanol–water partition coefficient (Wildman–Crippen LogP) is 2.26. The summed E-state index contributed by atoms with van der Waals surface area (Å²) >= 11 is 0. The van der Waals surface area contributed by atoms with Crippen LogP contribution >= 0.6 is 0 Å². The normalized spacial score (nSPS) is 10.6. The van der Waals surface area contributed by atoms with Gasteiger partial charge in [0.15, 0.2) is 5.82 Å². The van der Waals surface area contributed by atoms with Gasteiger partial charge in [-0.15, -0.1) is 0 Å². The van der Waals surface area contributed by atoms with E-state index in [1.807, 2.05) is 31.2 Å². The zero-order chi connectivity index (χ0) is 14.5. The van der Waals surface area contributed by atoms with E-state index >= 15 is 0 Å². The maximum atomic E-state index is 12.4. The number of carbonyl (C=O) groups excluding carboxylic acids is 1. The molecule has 0 aliphatic heterocycles. The molecule has 0 aliphatic rings. The molecule has 1 aromatic heterocycles. The van der Waals surface area contributed by atoms with Gasteiger partial charge in [-0.25, -0.2) is 0 Å². The van der Waals surface area contributed by atoms with Crippen LogP contribution in [0.2, 0.25) is 0 Å². The molecule has 20 heavy (non-hydrogen) atoms. The number of aryl methyl sites for hydroxylation is 2. The van der Waals surface area contributed by atoms with E-state index in [1.165, 1.54) is 0 Å². The van der Waals surface area contributed by atoms with Crippen molar-refractivity contribution in [1.82, 2.24) is 15.0 Å². The molecule has 1 aromatic carbocycles. The molecule has 0 unspecified atom stereocenters. The maximum absolute atomic E-state index is 12.4. The first-order valence-electron chi connectivity index (χ1n) is 6.74. The molecule has 1 amide bonds. The monoisotopic (exact) mass is 273 g/mol. The van der Waals surface area contributed by atoms with Gasteiger partial charge in [-0.3, -0.25) is 4.79 Å². The maximum Gasteiger partial charge on any atom is 0.253 e. The van der Waals surface area contributed by atoms with Crippen molar-refractivity contribution in [3.8, 4) is 0 Å². The fourth-order valence-electron chi connectivity index (χ4n) is 2.05. The molecule has 0 atom stereocenters. The smallest absolute Gasteiger partial charge is 0.253 e. The van der Waals surface area contributed by atoms with Crippen molar-refractivity contribution in [2.24, 2.45) is 0 Å². The van der Waals surface area contributed by atoms with Gasteiger partial charge in [0.25, 0.3) is 5.91 Å². The largest absolute Gasteiger partial charge is 0.341 e. The average Bonchev–Trinajstić information content (AvgIpc) is 2.89. The Morgan fingerprint density at radius 2 is 2.10 bits per heavy atom. The van der Waals surface area contributed by atoms with Crippen LogP contribution in [0.25, 0.3) is 0 Å². The Kier molecular flexibility index (Phi) is 4.50. The molecule has 0 saturated heterocycles. The highest BCUT2D eigenvalue weighted by molar-refractivity contribution is 5.95. The Hall–Kier alpha value is -2.17. The molecule has 0 aliphatic carbocycles. The quantitative estimate of drug-likeness (QED) is 0.838. The standard InChI is InChI=1S/C15H19N3O2/c1-4-12-7-5-6-8-13(12)15(19)18(3)10-9-14-16-11(2)20-17-14/h5-8H,4,9-10H2,1-3H3. The molecule has 2 aromatic rings. The van der Waals surface area contributed by atoms with E-state index in [0.29, 0.717) is 24.7 Å². The third kappa shape index (κ3) is 3.23. The highest BCUT2D eigenvalue weighted by atomic mass is 16.5. The van der Waals surface area contributed by atoms with E-state index in [1.54, 1.807) is 18.9 Å². The molecular weight excluding hydrogens is 254 g/mol. The third-order valence-electron chi connectivity index (χ3n) is 3.22. The first-order chi connectivity index (χ1) is 9.61. The summed E-state index contributed by atoms with van der Waals surface area (Å²) in [5.74, 6) is 1.21. The number of amides is 1. The molecule has 0 bridgehead atoms. The van der Waals surface area contributed by atoms with Gasteiger partial charge in [0.05, 0.1) is 0 Å². The van der Waals surface area contributed by atoms with E-state index in [9.17, 15) is 4.79 Å². The fraction of sp³-hybridized carbons (Fsp3) is 0.400. The van der Waals surface area contributed by atoms with Crippen LogP contribution in [0, 0.1) is 6.92 Å². The number of rotatable bonds is 5. The van der Waals surface area contributed by atoms with Gasteiger partial charge in [0.2, 0.25) is 5.89 Å². The first-order valence-corrected chi connectivity index (χ1v) is 6.74. The van der Waals surface area contributed by atoms with E-state index in [4.69, 9.17) is 4.52 Å². The average molecular weight is 273 g/mol. The summed E-state index contributed by atoms with van der Waals surface area (Å²) in [7, 11) is 1.79. The van der Waals surface area contributed by atoms with Crippen LogP contribution in [0.4, 0.5) is 0 Å².